The Balaban J connectivity index is 1.81. The number of halogens is 1. The van der Waals surface area contributed by atoms with E-state index in [0.717, 1.165) is 18.0 Å². The van der Waals surface area contributed by atoms with E-state index in [4.69, 9.17) is 16.3 Å². The lowest BCUT2D eigenvalue weighted by Crippen LogP contribution is -2.33. The first kappa shape index (κ1) is 14.5. The first-order valence-electron chi connectivity index (χ1n) is 7.55. The average molecular weight is 309 g/mol. The molecule has 1 aromatic carbocycles. The van der Waals surface area contributed by atoms with Crippen molar-refractivity contribution in [1.29, 1.82) is 0 Å². The van der Waals surface area contributed by atoms with Gasteiger partial charge in [0.05, 0.1) is 16.4 Å². The quantitative estimate of drug-likeness (QED) is 0.871. The lowest BCUT2D eigenvalue weighted by molar-refractivity contribution is -0.118. The molecule has 3 atom stereocenters. The van der Waals surface area contributed by atoms with Crippen LogP contribution in [-0.4, -0.2) is 18.6 Å². The molecule has 0 spiro atoms. The van der Waals surface area contributed by atoms with Crippen molar-refractivity contribution in [3.8, 4) is 5.75 Å². The number of hydrogen-bond acceptors (Lipinski definition) is 3. The fraction of sp³-hybridized carbons (Fsp3) is 0.562. The Morgan fingerprint density at radius 3 is 2.95 bits per heavy atom. The summed E-state index contributed by atoms with van der Waals surface area (Å²) >= 11 is 6.34. The Morgan fingerprint density at radius 1 is 1.33 bits per heavy atom. The summed E-state index contributed by atoms with van der Waals surface area (Å²) < 4.78 is 5.46. The number of carbonyl (C=O) groups excluding carboxylic acids is 1. The SMILES string of the molecule is CC1CCC(C)C(Nc2cc3c(cc2Cl)NC(=O)CO3)C1. The lowest BCUT2D eigenvalue weighted by atomic mass is 9.80. The fourth-order valence-electron chi connectivity index (χ4n) is 3.14. The zero-order chi connectivity index (χ0) is 15.0. The predicted molar refractivity (Wildman–Crippen MR) is 85.2 cm³/mol. The molecule has 1 aliphatic carbocycles. The topological polar surface area (TPSA) is 50.4 Å². The third-order valence-corrected chi connectivity index (χ3v) is 4.81. The number of rotatable bonds is 2. The molecule has 3 rings (SSSR count). The highest BCUT2D eigenvalue weighted by Crippen LogP contribution is 2.38. The second-order valence-electron chi connectivity index (χ2n) is 6.31. The van der Waals surface area contributed by atoms with E-state index in [0.29, 0.717) is 28.4 Å². The van der Waals surface area contributed by atoms with Gasteiger partial charge in [-0.2, -0.15) is 0 Å². The minimum absolute atomic E-state index is 0.0605. The maximum atomic E-state index is 11.3. The van der Waals surface area contributed by atoms with Crippen molar-refractivity contribution in [2.45, 2.75) is 39.2 Å². The number of fused-ring (bicyclic) bond motifs is 1. The second kappa shape index (κ2) is 5.76. The van der Waals surface area contributed by atoms with Crippen LogP contribution in [0.2, 0.25) is 5.02 Å². The highest BCUT2D eigenvalue weighted by molar-refractivity contribution is 6.33. The number of nitrogens with one attached hydrogen (secondary N) is 2. The van der Waals surface area contributed by atoms with Crippen LogP contribution in [0.15, 0.2) is 12.1 Å². The summed E-state index contributed by atoms with van der Waals surface area (Å²) in [5.74, 6) is 1.91. The van der Waals surface area contributed by atoms with Crippen molar-refractivity contribution < 1.29 is 9.53 Å². The van der Waals surface area contributed by atoms with Crippen molar-refractivity contribution in [1.82, 2.24) is 0 Å². The molecule has 114 valence electrons. The summed E-state index contributed by atoms with van der Waals surface area (Å²) in [5.41, 5.74) is 1.53. The van der Waals surface area contributed by atoms with Crippen molar-refractivity contribution in [2.75, 3.05) is 17.2 Å². The summed E-state index contributed by atoms with van der Waals surface area (Å²) in [5, 5.41) is 6.95. The standard InChI is InChI=1S/C16H21ClN2O2/c1-9-3-4-10(2)12(5-9)18-13-7-15-14(6-11(13)17)19-16(20)8-21-15/h6-7,9-10,12,18H,3-5,8H2,1-2H3,(H,19,20). The van der Waals surface area contributed by atoms with Gasteiger partial charge in [-0.3, -0.25) is 4.79 Å². The van der Waals surface area contributed by atoms with Gasteiger partial charge in [0.25, 0.3) is 5.91 Å². The largest absolute Gasteiger partial charge is 0.482 e. The molecule has 5 heteroatoms. The number of ether oxygens (including phenoxy) is 1. The molecule has 1 aromatic rings. The fourth-order valence-corrected chi connectivity index (χ4v) is 3.36. The van der Waals surface area contributed by atoms with Gasteiger partial charge in [-0.1, -0.05) is 31.9 Å². The number of carbonyl (C=O) groups is 1. The summed E-state index contributed by atoms with van der Waals surface area (Å²) in [7, 11) is 0. The number of anilines is 2. The Morgan fingerprint density at radius 2 is 2.14 bits per heavy atom. The van der Waals surface area contributed by atoms with E-state index in [1.54, 1.807) is 6.07 Å². The van der Waals surface area contributed by atoms with Crippen LogP contribution < -0.4 is 15.4 Å². The Hall–Kier alpha value is -1.42. The van der Waals surface area contributed by atoms with Gasteiger partial charge in [0.2, 0.25) is 0 Å². The van der Waals surface area contributed by atoms with E-state index in [2.05, 4.69) is 24.5 Å². The minimum atomic E-state index is -0.144. The average Bonchev–Trinajstić information content (AvgIpc) is 2.44. The molecule has 0 radical (unpaired) electrons. The Labute approximate surface area is 130 Å². The normalized spacial score (nSPS) is 28.3. The first-order valence-corrected chi connectivity index (χ1v) is 7.93. The molecular formula is C16H21ClN2O2. The van der Waals surface area contributed by atoms with Crippen LogP contribution >= 0.6 is 11.6 Å². The van der Waals surface area contributed by atoms with Crippen molar-refractivity contribution in [3.05, 3.63) is 17.2 Å². The summed E-state index contributed by atoms with van der Waals surface area (Å²) in [6.07, 6.45) is 3.70. The Kier molecular flexibility index (Phi) is 3.98. The molecule has 1 amide bonds. The van der Waals surface area contributed by atoms with Crippen molar-refractivity contribution >= 4 is 28.9 Å². The maximum Gasteiger partial charge on any atom is 0.262 e. The molecule has 2 N–H and O–H groups in total. The van der Waals surface area contributed by atoms with Gasteiger partial charge in [-0.05, 0) is 30.7 Å². The maximum absolute atomic E-state index is 11.3. The minimum Gasteiger partial charge on any atom is -0.482 e. The number of hydrogen-bond donors (Lipinski definition) is 2. The number of amides is 1. The molecule has 21 heavy (non-hydrogen) atoms. The second-order valence-corrected chi connectivity index (χ2v) is 6.72. The van der Waals surface area contributed by atoms with Crippen molar-refractivity contribution in [3.63, 3.8) is 0 Å². The van der Waals surface area contributed by atoms with Crippen LogP contribution in [0.3, 0.4) is 0 Å². The molecule has 1 aliphatic heterocycles. The van der Waals surface area contributed by atoms with Gasteiger partial charge >= 0.3 is 0 Å². The molecule has 1 heterocycles. The van der Waals surface area contributed by atoms with Crippen molar-refractivity contribution in [2.24, 2.45) is 11.8 Å². The predicted octanol–water partition coefficient (Wildman–Crippen LogP) is 3.91. The van der Waals surface area contributed by atoms with E-state index in [-0.39, 0.29) is 12.5 Å². The van der Waals surface area contributed by atoms with Gasteiger partial charge in [-0.25, -0.2) is 0 Å². The van der Waals surface area contributed by atoms with Gasteiger partial charge < -0.3 is 15.4 Å². The third-order valence-electron chi connectivity index (χ3n) is 4.50. The Bertz CT molecular complexity index is 561. The molecule has 4 nitrogen and oxygen atoms in total. The number of benzene rings is 1. The van der Waals surface area contributed by atoms with E-state index in [9.17, 15) is 4.79 Å². The van der Waals surface area contributed by atoms with E-state index in [1.807, 2.05) is 6.07 Å². The summed E-state index contributed by atoms with van der Waals surface area (Å²) in [6, 6.07) is 4.08. The van der Waals surface area contributed by atoms with E-state index < -0.39 is 0 Å². The van der Waals surface area contributed by atoms with Gasteiger partial charge in [0, 0.05) is 12.1 Å². The summed E-state index contributed by atoms with van der Waals surface area (Å²) in [4.78, 5) is 11.3. The summed E-state index contributed by atoms with van der Waals surface area (Å²) in [6.45, 7) is 4.64. The molecule has 0 saturated heterocycles. The molecule has 0 aromatic heterocycles. The molecule has 1 fully saturated rings. The molecular weight excluding hydrogens is 288 g/mol. The van der Waals surface area contributed by atoms with Gasteiger partial charge in [-0.15, -0.1) is 0 Å². The zero-order valence-electron chi connectivity index (χ0n) is 12.4. The molecule has 0 bridgehead atoms. The zero-order valence-corrected chi connectivity index (χ0v) is 13.2. The first-order chi connectivity index (χ1) is 10.0. The monoisotopic (exact) mass is 308 g/mol. The molecule has 1 saturated carbocycles. The smallest absolute Gasteiger partial charge is 0.262 e. The van der Waals surface area contributed by atoms with Crippen LogP contribution in [-0.2, 0) is 4.79 Å². The van der Waals surface area contributed by atoms with Gasteiger partial charge in [0.15, 0.2) is 6.61 Å². The van der Waals surface area contributed by atoms with Gasteiger partial charge in [0.1, 0.15) is 5.75 Å². The van der Waals surface area contributed by atoms with Crippen LogP contribution in [0.5, 0.6) is 5.75 Å². The van der Waals surface area contributed by atoms with Crippen LogP contribution in [0.4, 0.5) is 11.4 Å². The van der Waals surface area contributed by atoms with Crippen LogP contribution in [0, 0.1) is 11.8 Å². The molecule has 2 aliphatic rings. The lowest BCUT2D eigenvalue weighted by Gasteiger charge is -2.34. The third kappa shape index (κ3) is 3.10. The highest BCUT2D eigenvalue weighted by atomic mass is 35.5. The van der Waals surface area contributed by atoms with E-state index in [1.165, 1.54) is 12.8 Å². The van der Waals surface area contributed by atoms with E-state index >= 15 is 0 Å². The van der Waals surface area contributed by atoms with Crippen LogP contribution in [0.25, 0.3) is 0 Å². The highest BCUT2D eigenvalue weighted by Gasteiger charge is 2.26. The molecule has 3 unspecified atom stereocenters. The van der Waals surface area contributed by atoms with Crippen LogP contribution in [0.1, 0.15) is 33.1 Å².